The van der Waals surface area contributed by atoms with E-state index in [1.807, 2.05) is 24.3 Å². The Bertz CT molecular complexity index is 716. The van der Waals surface area contributed by atoms with E-state index in [0.29, 0.717) is 17.2 Å². The van der Waals surface area contributed by atoms with Gasteiger partial charge in [0.1, 0.15) is 17.2 Å². The van der Waals surface area contributed by atoms with Gasteiger partial charge in [-0.15, -0.1) is 0 Å². The summed E-state index contributed by atoms with van der Waals surface area (Å²) in [5.74, 6) is 0.594. The van der Waals surface area contributed by atoms with Crippen LogP contribution in [-0.4, -0.2) is 25.2 Å². The second-order valence-corrected chi connectivity index (χ2v) is 5.01. The van der Waals surface area contributed by atoms with Crippen LogP contribution in [0.2, 0.25) is 0 Å². The lowest BCUT2D eigenvalue weighted by Crippen LogP contribution is -1.97. The summed E-state index contributed by atoms with van der Waals surface area (Å²) in [6, 6.07) is 7.91. The third kappa shape index (κ3) is 2.01. The van der Waals surface area contributed by atoms with Gasteiger partial charge in [-0.05, 0) is 17.7 Å². The molecule has 19 heavy (non-hydrogen) atoms. The standard InChI is InChI=1S/C12H11BrN6/c1-19-12(14)10(7-3-2-4-8(13)5-7)11(17-19)9-6-15-18-16-9/h2-6H,14H2,1H3,(H,15,16,18). The first kappa shape index (κ1) is 11.9. The van der Waals surface area contributed by atoms with E-state index in [2.05, 4.69) is 36.4 Å². The second-order valence-electron chi connectivity index (χ2n) is 4.10. The van der Waals surface area contributed by atoms with Crippen molar-refractivity contribution >= 4 is 21.7 Å². The van der Waals surface area contributed by atoms with Gasteiger partial charge in [-0.2, -0.15) is 20.5 Å². The maximum absolute atomic E-state index is 6.12. The van der Waals surface area contributed by atoms with Crippen LogP contribution in [0.15, 0.2) is 34.9 Å². The molecule has 0 amide bonds. The number of nitrogens with two attached hydrogens (primary N) is 1. The number of H-pyrrole nitrogens is 1. The zero-order chi connectivity index (χ0) is 13.4. The first-order valence-electron chi connectivity index (χ1n) is 5.61. The number of rotatable bonds is 2. The molecule has 96 valence electrons. The van der Waals surface area contributed by atoms with Crippen LogP contribution in [0, 0.1) is 0 Å². The van der Waals surface area contributed by atoms with Crippen molar-refractivity contribution in [2.24, 2.45) is 7.05 Å². The molecule has 3 N–H and O–H groups in total. The molecule has 0 aliphatic rings. The molecule has 0 fully saturated rings. The van der Waals surface area contributed by atoms with Crippen LogP contribution in [0.1, 0.15) is 0 Å². The van der Waals surface area contributed by atoms with Gasteiger partial charge in [0, 0.05) is 11.5 Å². The number of anilines is 1. The molecule has 0 aliphatic carbocycles. The quantitative estimate of drug-likeness (QED) is 0.758. The van der Waals surface area contributed by atoms with Crippen LogP contribution >= 0.6 is 15.9 Å². The predicted molar refractivity (Wildman–Crippen MR) is 76.1 cm³/mol. The fourth-order valence-corrected chi connectivity index (χ4v) is 2.36. The Labute approximate surface area is 117 Å². The van der Waals surface area contributed by atoms with Gasteiger partial charge in [-0.1, -0.05) is 28.1 Å². The summed E-state index contributed by atoms with van der Waals surface area (Å²) in [7, 11) is 1.81. The second kappa shape index (κ2) is 4.51. The minimum absolute atomic E-state index is 0.594. The molecule has 0 spiro atoms. The normalized spacial score (nSPS) is 10.8. The van der Waals surface area contributed by atoms with Gasteiger partial charge < -0.3 is 5.73 Å². The third-order valence-corrected chi connectivity index (χ3v) is 3.36. The van der Waals surface area contributed by atoms with Gasteiger partial charge in [0.15, 0.2) is 0 Å². The van der Waals surface area contributed by atoms with Crippen molar-refractivity contribution in [3.63, 3.8) is 0 Å². The molecular formula is C12H11BrN6. The maximum atomic E-state index is 6.12. The fourth-order valence-electron chi connectivity index (χ4n) is 1.96. The van der Waals surface area contributed by atoms with Crippen LogP contribution in [0.25, 0.3) is 22.5 Å². The van der Waals surface area contributed by atoms with E-state index in [4.69, 9.17) is 5.73 Å². The van der Waals surface area contributed by atoms with Gasteiger partial charge in [0.05, 0.1) is 11.8 Å². The van der Waals surface area contributed by atoms with E-state index in [1.54, 1.807) is 17.9 Å². The number of aromatic amines is 1. The van der Waals surface area contributed by atoms with Gasteiger partial charge >= 0.3 is 0 Å². The predicted octanol–water partition coefficient (Wildman–Crippen LogP) is 2.22. The Kier molecular flexibility index (Phi) is 2.83. The van der Waals surface area contributed by atoms with E-state index in [1.165, 1.54) is 0 Å². The van der Waals surface area contributed by atoms with E-state index in [9.17, 15) is 0 Å². The number of halogens is 1. The number of benzene rings is 1. The van der Waals surface area contributed by atoms with Crippen molar-refractivity contribution in [1.82, 2.24) is 25.2 Å². The molecule has 3 aromatic rings. The molecule has 0 aliphatic heterocycles. The van der Waals surface area contributed by atoms with Crippen molar-refractivity contribution < 1.29 is 0 Å². The summed E-state index contributed by atoms with van der Waals surface area (Å²) in [4.78, 5) is 0. The zero-order valence-electron chi connectivity index (χ0n) is 10.1. The first-order chi connectivity index (χ1) is 9.16. The Morgan fingerprint density at radius 3 is 2.89 bits per heavy atom. The molecule has 7 heteroatoms. The number of nitrogens with zero attached hydrogens (tertiary/aromatic N) is 4. The Balaban J connectivity index is 2.26. The number of nitrogen functional groups attached to an aromatic ring is 1. The molecule has 0 bridgehead atoms. The summed E-state index contributed by atoms with van der Waals surface area (Å²) in [6.07, 6.45) is 1.63. The van der Waals surface area contributed by atoms with Crippen molar-refractivity contribution in [2.75, 3.05) is 5.73 Å². The molecule has 0 atom stereocenters. The smallest absolute Gasteiger partial charge is 0.133 e. The summed E-state index contributed by atoms with van der Waals surface area (Å²) >= 11 is 3.46. The largest absolute Gasteiger partial charge is 0.383 e. The molecule has 2 aromatic heterocycles. The van der Waals surface area contributed by atoms with Crippen LogP contribution in [-0.2, 0) is 7.05 Å². The van der Waals surface area contributed by atoms with Gasteiger partial charge in [-0.25, -0.2) is 0 Å². The van der Waals surface area contributed by atoms with Crippen LogP contribution in [0.4, 0.5) is 5.82 Å². The van der Waals surface area contributed by atoms with Crippen molar-refractivity contribution in [3.05, 3.63) is 34.9 Å². The van der Waals surface area contributed by atoms with Crippen LogP contribution in [0.5, 0.6) is 0 Å². The SMILES string of the molecule is Cn1nc(-c2cn[nH]n2)c(-c2cccc(Br)c2)c1N. The molecule has 2 heterocycles. The first-order valence-corrected chi connectivity index (χ1v) is 6.40. The monoisotopic (exact) mass is 318 g/mol. The Hall–Kier alpha value is -2.15. The summed E-state index contributed by atoms with van der Waals surface area (Å²) in [6.45, 7) is 0. The zero-order valence-corrected chi connectivity index (χ0v) is 11.7. The average molecular weight is 319 g/mol. The topological polar surface area (TPSA) is 85.4 Å². The van der Waals surface area contributed by atoms with Crippen molar-refractivity contribution in [1.29, 1.82) is 0 Å². The number of nitrogens with one attached hydrogen (secondary N) is 1. The van der Waals surface area contributed by atoms with Gasteiger partial charge in [-0.3, -0.25) is 4.68 Å². The summed E-state index contributed by atoms with van der Waals surface area (Å²) < 4.78 is 2.62. The van der Waals surface area contributed by atoms with Crippen molar-refractivity contribution in [2.45, 2.75) is 0 Å². The minimum atomic E-state index is 0.594. The Morgan fingerprint density at radius 1 is 1.37 bits per heavy atom. The summed E-state index contributed by atoms with van der Waals surface area (Å²) in [5, 5.41) is 14.9. The van der Waals surface area contributed by atoms with Crippen LogP contribution < -0.4 is 5.73 Å². The Morgan fingerprint density at radius 2 is 2.21 bits per heavy atom. The lowest BCUT2D eigenvalue weighted by molar-refractivity contribution is 0.781. The minimum Gasteiger partial charge on any atom is -0.383 e. The number of hydrogen-bond acceptors (Lipinski definition) is 4. The highest BCUT2D eigenvalue weighted by molar-refractivity contribution is 9.10. The van der Waals surface area contributed by atoms with Gasteiger partial charge in [0.2, 0.25) is 0 Å². The molecule has 0 unspecified atom stereocenters. The molecule has 3 rings (SSSR count). The van der Waals surface area contributed by atoms with Crippen molar-refractivity contribution in [3.8, 4) is 22.5 Å². The molecule has 0 radical (unpaired) electrons. The maximum Gasteiger partial charge on any atom is 0.133 e. The highest BCUT2D eigenvalue weighted by atomic mass is 79.9. The highest BCUT2D eigenvalue weighted by Gasteiger charge is 2.19. The molecule has 0 saturated carbocycles. The third-order valence-electron chi connectivity index (χ3n) is 2.86. The van der Waals surface area contributed by atoms with E-state index in [-0.39, 0.29) is 0 Å². The molecule has 0 saturated heterocycles. The molecule has 6 nitrogen and oxygen atoms in total. The molecular weight excluding hydrogens is 308 g/mol. The molecule has 1 aromatic carbocycles. The van der Waals surface area contributed by atoms with Gasteiger partial charge in [0.25, 0.3) is 0 Å². The lowest BCUT2D eigenvalue weighted by atomic mass is 10.0. The summed E-state index contributed by atoms with van der Waals surface area (Å²) in [5.41, 5.74) is 9.35. The van der Waals surface area contributed by atoms with Crippen LogP contribution in [0.3, 0.4) is 0 Å². The van der Waals surface area contributed by atoms with E-state index in [0.717, 1.165) is 15.6 Å². The fraction of sp³-hybridized carbons (Fsp3) is 0.0833. The number of aryl methyl sites for hydroxylation is 1. The number of hydrogen-bond donors (Lipinski definition) is 2. The lowest BCUT2D eigenvalue weighted by Gasteiger charge is -2.03. The van der Waals surface area contributed by atoms with E-state index < -0.39 is 0 Å². The van der Waals surface area contributed by atoms with E-state index >= 15 is 0 Å². The number of aromatic nitrogens is 5. The average Bonchev–Trinajstić information content (AvgIpc) is 2.99. The highest BCUT2D eigenvalue weighted by Crippen LogP contribution is 2.35.